The van der Waals surface area contributed by atoms with E-state index in [4.69, 9.17) is 27.9 Å². The molecule has 4 amide bonds. The second-order valence-corrected chi connectivity index (χ2v) is 11.5. The summed E-state index contributed by atoms with van der Waals surface area (Å²) < 4.78 is 6.09. The average molecular weight is 672 g/mol. The summed E-state index contributed by atoms with van der Waals surface area (Å²) in [5.41, 5.74) is 4.01. The standard InChI is InChI=1S/C35H32Cl2N6O4/c1-22-13-14-23-8-7-12-30(33(23)40-22)47-21-27-28(36)15-16-29(32(27)37)43(3)31(44)19-39-35(46)41-25-11-6-9-24(18-25)34(45)42(2)20-26-10-4-5-17-38-26/h4-18H,19-21H2,1-3H3,(H2,39,41,46). The number of nitrogens with zero attached hydrogens (tertiary/aromatic N) is 4. The van der Waals surface area contributed by atoms with E-state index >= 15 is 0 Å². The van der Waals surface area contributed by atoms with Crippen LogP contribution in [0.5, 0.6) is 5.75 Å². The number of carbonyl (C=O) groups is 3. The van der Waals surface area contributed by atoms with Gasteiger partial charge in [-0.05, 0) is 61.5 Å². The van der Waals surface area contributed by atoms with Gasteiger partial charge >= 0.3 is 6.03 Å². The first-order valence-corrected chi connectivity index (χ1v) is 15.4. The van der Waals surface area contributed by atoms with E-state index in [1.807, 2.05) is 55.5 Å². The van der Waals surface area contributed by atoms with Crippen molar-refractivity contribution in [2.24, 2.45) is 0 Å². The van der Waals surface area contributed by atoms with Crippen molar-refractivity contribution >= 4 is 63.3 Å². The highest BCUT2D eigenvalue weighted by molar-refractivity contribution is 6.38. The molecular weight excluding hydrogens is 639 g/mol. The van der Waals surface area contributed by atoms with Crippen LogP contribution in [0.15, 0.2) is 91.1 Å². The SMILES string of the molecule is Cc1ccc2cccc(OCc3c(Cl)ccc(N(C)C(=O)CNC(=O)Nc4cccc(C(=O)N(C)Cc5ccccn5)c4)c3Cl)c2n1. The molecule has 0 aliphatic heterocycles. The fraction of sp³-hybridized carbons (Fsp3) is 0.171. The number of fused-ring (bicyclic) bond motifs is 1. The van der Waals surface area contributed by atoms with Crippen LogP contribution in [0, 0.1) is 6.92 Å². The highest BCUT2D eigenvalue weighted by Crippen LogP contribution is 2.35. The van der Waals surface area contributed by atoms with Gasteiger partial charge in [-0.2, -0.15) is 0 Å². The molecule has 0 fully saturated rings. The summed E-state index contributed by atoms with van der Waals surface area (Å²) in [6, 6.07) is 24.3. The zero-order valence-corrected chi connectivity index (χ0v) is 27.5. The number of amides is 4. The second kappa shape index (κ2) is 14.9. The van der Waals surface area contributed by atoms with E-state index in [9.17, 15) is 14.4 Å². The summed E-state index contributed by atoms with van der Waals surface area (Å²) >= 11 is 13.2. The lowest BCUT2D eigenvalue weighted by Gasteiger charge is -2.21. The Morgan fingerprint density at radius 1 is 0.915 bits per heavy atom. The molecule has 0 unspecified atom stereocenters. The van der Waals surface area contributed by atoms with Crippen LogP contribution >= 0.6 is 23.2 Å². The molecule has 0 aliphatic rings. The van der Waals surface area contributed by atoms with Crippen molar-refractivity contribution in [1.82, 2.24) is 20.2 Å². The molecular formula is C35H32Cl2N6O4. The minimum Gasteiger partial charge on any atom is -0.487 e. The Hall–Kier alpha value is -5.19. The fourth-order valence-electron chi connectivity index (χ4n) is 4.80. The van der Waals surface area contributed by atoms with E-state index in [0.717, 1.165) is 22.3 Å². The van der Waals surface area contributed by atoms with E-state index in [-0.39, 0.29) is 24.1 Å². The van der Waals surface area contributed by atoms with Crippen LogP contribution in [0.25, 0.3) is 10.9 Å². The number of halogens is 2. The van der Waals surface area contributed by atoms with Crippen molar-refractivity contribution < 1.29 is 19.1 Å². The van der Waals surface area contributed by atoms with Gasteiger partial charge in [-0.3, -0.25) is 14.6 Å². The largest absolute Gasteiger partial charge is 0.487 e. The van der Waals surface area contributed by atoms with Crippen molar-refractivity contribution in [2.75, 3.05) is 30.9 Å². The van der Waals surface area contributed by atoms with E-state index in [1.165, 1.54) is 9.80 Å². The molecule has 0 saturated heterocycles. The molecule has 0 aliphatic carbocycles. The van der Waals surface area contributed by atoms with Crippen LogP contribution in [0.2, 0.25) is 10.0 Å². The van der Waals surface area contributed by atoms with Crippen LogP contribution in [0.3, 0.4) is 0 Å². The zero-order chi connectivity index (χ0) is 33.5. The van der Waals surface area contributed by atoms with Gasteiger partial charge in [0.1, 0.15) is 17.9 Å². The summed E-state index contributed by atoms with van der Waals surface area (Å²) in [5.74, 6) is -0.0789. The molecule has 0 spiro atoms. The Kier molecular flexibility index (Phi) is 10.5. The van der Waals surface area contributed by atoms with E-state index in [1.54, 1.807) is 56.7 Å². The fourth-order valence-corrected chi connectivity index (χ4v) is 5.41. The van der Waals surface area contributed by atoms with Crippen LogP contribution < -0.4 is 20.3 Å². The van der Waals surface area contributed by atoms with Crippen LogP contribution in [-0.4, -0.2) is 53.4 Å². The maximum atomic E-state index is 13.1. The number of carbonyl (C=O) groups excluding carboxylic acids is 3. The van der Waals surface area contributed by atoms with Crippen molar-refractivity contribution in [2.45, 2.75) is 20.1 Å². The van der Waals surface area contributed by atoms with Crippen LogP contribution in [-0.2, 0) is 17.9 Å². The van der Waals surface area contributed by atoms with Crippen LogP contribution in [0.4, 0.5) is 16.2 Å². The highest BCUT2D eigenvalue weighted by Gasteiger charge is 2.20. The quantitative estimate of drug-likeness (QED) is 0.167. The summed E-state index contributed by atoms with van der Waals surface area (Å²) in [5, 5.41) is 6.78. The first kappa shape index (κ1) is 33.2. The Balaban J connectivity index is 1.18. The van der Waals surface area contributed by atoms with Crippen molar-refractivity contribution in [3.8, 4) is 5.75 Å². The lowest BCUT2D eigenvalue weighted by atomic mass is 10.1. The Morgan fingerprint density at radius 3 is 2.51 bits per heavy atom. The third-order valence-electron chi connectivity index (χ3n) is 7.34. The van der Waals surface area contributed by atoms with Gasteiger partial charge in [0.05, 0.1) is 29.5 Å². The average Bonchev–Trinajstić information content (AvgIpc) is 3.07. The molecule has 2 N–H and O–H groups in total. The minimum absolute atomic E-state index is 0.0451. The molecule has 10 nitrogen and oxygen atoms in total. The second-order valence-electron chi connectivity index (χ2n) is 10.8. The molecule has 2 aromatic heterocycles. The lowest BCUT2D eigenvalue weighted by molar-refractivity contribution is -0.117. The number of urea groups is 1. The van der Waals surface area contributed by atoms with Gasteiger partial charge < -0.3 is 25.2 Å². The van der Waals surface area contributed by atoms with E-state index in [0.29, 0.717) is 39.8 Å². The first-order valence-electron chi connectivity index (χ1n) is 14.6. The molecule has 2 heterocycles. The summed E-state index contributed by atoms with van der Waals surface area (Å²) in [6.45, 7) is 1.97. The van der Waals surface area contributed by atoms with Gasteiger partial charge in [0, 0.05) is 53.2 Å². The maximum Gasteiger partial charge on any atom is 0.319 e. The summed E-state index contributed by atoms with van der Waals surface area (Å²) in [7, 11) is 3.23. The third-order valence-corrected chi connectivity index (χ3v) is 8.11. The first-order chi connectivity index (χ1) is 22.6. The topological polar surface area (TPSA) is 117 Å². The number of nitrogens with one attached hydrogen (secondary N) is 2. The molecule has 5 aromatic rings. The van der Waals surface area contributed by atoms with Crippen LogP contribution in [0.1, 0.15) is 27.3 Å². The summed E-state index contributed by atoms with van der Waals surface area (Å²) in [4.78, 5) is 50.4. The number of anilines is 2. The number of likely N-dealkylation sites (N-methyl/N-ethyl adjacent to an activating group) is 1. The molecule has 47 heavy (non-hydrogen) atoms. The Labute approximate surface area is 282 Å². The van der Waals surface area contributed by atoms with E-state index in [2.05, 4.69) is 20.6 Å². The minimum atomic E-state index is -0.617. The molecule has 0 saturated carbocycles. The number of ether oxygens (including phenoxy) is 1. The van der Waals surface area contributed by atoms with Gasteiger partial charge in [0.25, 0.3) is 5.91 Å². The van der Waals surface area contributed by atoms with Crippen molar-refractivity contribution in [1.29, 1.82) is 0 Å². The molecule has 0 radical (unpaired) electrons. The number of benzene rings is 3. The smallest absolute Gasteiger partial charge is 0.319 e. The highest BCUT2D eigenvalue weighted by atomic mass is 35.5. The normalized spacial score (nSPS) is 10.7. The van der Waals surface area contributed by atoms with Gasteiger partial charge in [0.15, 0.2) is 0 Å². The van der Waals surface area contributed by atoms with Crippen molar-refractivity contribution in [3.05, 3.63) is 124 Å². The van der Waals surface area contributed by atoms with Gasteiger partial charge in [0.2, 0.25) is 5.91 Å². The van der Waals surface area contributed by atoms with Gasteiger partial charge in [-0.25, -0.2) is 9.78 Å². The number of rotatable bonds is 10. The predicted octanol–water partition coefficient (Wildman–Crippen LogP) is 6.88. The van der Waals surface area contributed by atoms with Gasteiger partial charge in [-0.15, -0.1) is 0 Å². The Bertz CT molecular complexity index is 1940. The number of hydrogen-bond donors (Lipinski definition) is 2. The third kappa shape index (κ3) is 8.16. The number of para-hydroxylation sites is 1. The number of hydrogen-bond acceptors (Lipinski definition) is 6. The monoisotopic (exact) mass is 670 g/mol. The molecule has 5 rings (SSSR count). The molecule has 0 atom stereocenters. The van der Waals surface area contributed by atoms with Crippen molar-refractivity contribution in [3.63, 3.8) is 0 Å². The van der Waals surface area contributed by atoms with Gasteiger partial charge in [-0.1, -0.05) is 53.5 Å². The predicted molar refractivity (Wildman–Crippen MR) is 184 cm³/mol. The zero-order valence-electron chi connectivity index (χ0n) is 26.0. The molecule has 12 heteroatoms. The van der Waals surface area contributed by atoms with E-state index < -0.39 is 11.9 Å². The molecule has 240 valence electrons. The maximum absolute atomic E-state index is 13.1. The molecule has 3 aromatic carbocycles. The Morgan fingerprint density at radius 2 is 1.72 bits per heavy atom. The lowest BCUT2D eigenvalue weighted by Crippen LogP contribution is -2.40. The number of aromatic nitrogens is 2. The number of aryl methyl sites for hydroxylation is 1. The summed E-state index contributed by atoms with van der Waals surface area (Å²) in [6.07, 6.45) is 1.67. The molecule has 0 bridgehead atoms. The number of pyridine rings is 2.